The number of hydrogen-bond donors (Lipinski definition) is 1. The lowest BCUT2D eigenvalue weighted by Gasteiger charge is -2.41. The maximum atomic E-state index is 11.7. The van der Waals surface area contributed by atoms with Crippen LogP contribution in [0.25, 0.3) is 0 Å². The molecule has 5 heteroatoms. The molecule has 0 bridgehead atoms. The van der Waals surface area contributed by atoms with Crippen LogP contribution in [-0.4, -0.2) is 22.6 Å². The zero-order valence-corrected chi connectivity index (χ0v) is 16.4. The van der Waals surface area contributed by atoms with Crippen molar-refractivity contribution in [2.24, 2.45) is 17.8 Å². The summed E-state index contributed by atoms with van der Waals surface area (Å²) in [6.07, 6.45) is 6.92. The molecule has 0 aromatic carbocycles. The Morgan fingerprint density at radius 2 is 1.40 bits per heavy atom. The number of carboxylic acids is 2. The topological polar surface area (TPSA) is 100 Å². The molecule has 0 rings (SSSR count). The van der Waals surface area contributed by atoms with Crippen molar-refractivity contribution in [1.82, 2.24) is 0 Å². The second-order valence-corrected chi connectivity index (χ2v) is 7.36. The lowest BCUT2D eigenvalue weighted by molar-refractivity contribution is -0.343. The van der Waals surface area contributed by atoms with Crippen molar-refractivity contribution in [2.75, 3.05) is 0 Å². The number of rotatable bonds is 15. The van der Waals surface area contributed by atoms with Crippen molar-refractivity contribution in [2.45, 2.75) is 97.5 Å². The van der Waals surface area contributed by atoms with Crippen LogP contribution >= 0.6 is 0 Å². The highest BCUT2D eigenvalue weighted by Crippen LogP contribution is 2.35. The minimum absolute atomic E-state index is 0.0413. The summed E-state index contributed by atoms with van der Waals surface area (Å²) < 4.78 is 0. The Bertz CT molecular complexity index is 396. The third-order valence-corrected chi connectivity index (χ3v) is 5.47. The van der Waals surface area contributed by atoms with E-state index in [9.17, 15) is 24.9 Å². The zero-order chi connectivity index (χ0) is 19.5. The number of carboxylic acid groups (broad SMARTS) is 2. The lowest BCUT2D eigenvalue weighted by Crippen LogP contribution is -2.59. The van der Waals surface area contributed by atoms with Gasteiger partial charge in [0.25, 0.3) is 0 Å². The first-order valence-corrected chi connectivity index (χ1v) is 9.91. The van der Waals surface area contributed by atoms with E-state index in [1.54, 1.807) is 0 Å². The van der Waals surface area contributed by atoms with Crippen LogP contribution in [0.15, 0.2) is 0 Å². The van der Waals surface area contributed by atoms with E-state index in [2.05, 4.69) is 6.92 Å². The van der Waals surface area contributed by atoms with Crippen molar-refractivity contribution >= 4 is 11.9 Å². The third-order valence-electron chi connectivity index (χ3n) is 5.47. The summed E-state index contributed by atoms with van der Waals surface area (Å²) in [7, 11) is 0. The van der Waals surface area contributed by atoms with Gasteiger partial charge >= 0.3 is 0 Å². The average molecular weight is 357 g/mol. The molecule has 0 aromatic heterocycles. The van der Waals surface area contributed by atoms with Crippen LogP contribution in [0.5, 0.6) is 0 Å². The Hall–Kier alpha value is -1.10. The lowest BCUT2D eigenvalue weighted by atomic mass is 9.73. The summed E-state index contributed by atoms with van der Waals surface area (Å²) >= 11 is 0. The molecule has 25 heavy (non-hydrogen) atoms. The standard InChI is InChI=1S/C20H38O5/c1-5-9-11-15(7-3)13-17(18(21)22)20(25,19(23)24)14-16(8-4)12-10-6-2/h15-17,25H,5-14H2,1-4H3,(H,21,22)(H,23,24)/p-2. The molecule has 0 aliphatic rings. The molecular weight excluding hydrogens is 320 g/mol. The first-order chi connectivity index (χ1) is 11.8. The average Bonchev–Trinajstić information content (AvgIpc) is 2.58. The van der Waals surface area contributed by atoms with Crippen molar-refractivity contribution in [1.29, 1.82) is 0 Å². The van der Waals surface area contributed by atoms with Crippen LogP contribution in [0.3, 0.4) is 0 Å². The highest BCUT2D eigenvalue weighted by molar-refractivity contribution is 5.83. The van der Waals surface area contributed by atoms with Crippen LogP contribution < -0.4 is 10.2 Å². The van der Waals surface area contributed by atoms with Crippen LogP contribution in [0.4, 0.5) is 0 Å². The number of aliphatic carboxylic acids is 2. The highest BCUT2D eigenvalue weighted by Gasteiger charge is 2.41. The molecule has 4 unspecified atom stereocenters. The molecule has 0 spiro atoms. The number of unbranched alkanes of at least 4 members (excludes halogenated alkanes) is 2. The summed E-state index contributed by atoms with van der Waals surface area (Å²) in [5.74, 6) is -4.60. The van der Waals surface area contributed by atoms with E-state index in [4.69, 9.17) is 0 Å². The molecule has 0 fully saturated rings. The molecule has 0 aromatic rings. The van der Waals surface area contributed by atoms with Gasteiger partial charge in [-0.05, 0) is 24.7 Å². The normalized spacial score (nSPS) is 17.5. The van der Waals surface area contributed by atoms with Crippen molar-refractivity contribution in [3.8, 4) is 0 Å². The maximum absolute atomic E-state index is 11.7. The van der Waals surface area contributed by atoms with Crippen molar-refractivity contribution < 1.29 is 24.9 Å². The Balaban J connectivity index is 5.39. The van der Waals surface area contributed by atoms with Gasteiger partial charge in [0.1, 0.15) is 5.60 Å². The van der Waals surface area contributed by atoms with E-state index in [1.165, 1.54) is 0 Å². The van der Waals surface area contributed by atoms with Crippen molar-refractivity contribution in [3.05, 3.63) is 0 Å². The first kappa shape index (κ1) is 23.9. The summed E-state index contributed by atoms with van der Waals surface area (Å²) in [5.41, 5.74) is -2.37. The van der Waals surface area contributed by atoms with Gasteiger partial charge in [-0.3, -0.25) is 0 Å². The van der Waals surface area contributed by atoms with Gasteiger partial charge in [-0.15, -0.1) is 0 Å². The first-order valence-electron chi connectivity index (χ1n) is 9.91. The predicted molar refractivity (Wildman–Crippen MR) is 94.3 cm³/mol. The summed E-state index contributed by atoms with van der Waals surface area (Å²) in [6.45, 7) is 7.99. The fraction of sp³-hybridized carbons (Fsp3) is 0.900. The number of carbonyl (C=O) groups is 2. The van der Waals surface area contributed by atoms with E-state index >= 15 is 0 Å². The SMILES string of the molecule is CCCCC(CC)CC(C(=O)[O-])C(O)(CC(CC)CCCC)C(=O)[O-]. The predicted octanol–water partition coefficient (Wildman–Crippen LogP) is 2.05. The maximum Gasteiger partial charge on any atom is 0.112 e. The largest absolute Gasteiger partial charge is 0.550 e. The van der Waals surface area contributed by atoms with E-state index < -0.39 is 23.5 Å². The van der Waals surface area contributed by atoms with E-state index in [0.717, 1.165) is 44.9 Å². The number of carbonyl (C=O) groups excluding carboxylic acids is 2. The molecule has 1 N–H and O–H groups in total. The molecule has 0 amide bonds. The number of hydrogen-bond acceptors (Lipinski definition) is 5. The molecular formula is C20H36O5-2. The minimum Gasteiger partial charge on any atom is -0.550 e. The monoisotopic (exact) mass is 356 g/mol. The van der Waals surface area contributed by atoms with E-state index in [-0.39, 0.29) is 24.7 Å². The van der Waals surface area contributed by atoms with Gasteiger partial charge in [0, 0.05) is 11.9 Å². The van der Waals surface area contributed by atoms with Gasteiger partial charge in [0.05, 0.1) is 5.97 Å². The summed E-state index contributed by atoms with van der Waals surface area (Å²) in [6, 6.07) is 0. The third kappa shape index (κ3) is 7.76. The second kappa shape index (κ2) is 12.3. The van der Waals surface area contributed by atoms with E-state index in [1.807, 2.05) is 20.8 Å². The molecule has 4 atom stereocenters. The zero-order valence-electron chi connectivity index (χ0n) is 16.4. The smallest absolute Gasteiger partial charge is 0.112 e. The fourth-order valence-electron chi connectivity index (χ4n) is 3.55. The van der Waals surface area contributed by atoms with Crippen molar-refractivity contribution in [3.63, 3.8) is 0 Å². The van der Waals surface area contributed by atoms with E-state index in [0.29, 0.717) is 6.42 Å². The Labute approximate surface area is 152 Å². The number of aliphatic hydroxyl groups is 1. The Morgan fingerprint density at radius 1 is 0.920 bits per heavy atom. The van der Waals surface area contributed by atoms with Gasteiger partial charge < -0.3 is 24.9 Å². The molecule has 5 nitrogen and oxygen atoms in total. The molecule has 0 saturated heterocycles. The van der Waals surface area contributed by atoms with Gasteiger partial charge in [-0.1, -0.05) is 79.1 Å². The Morgan fingerprint density at radius 3 is 1.76 bits per heavy atom. The van der Waals surface area contributed by atoms with Crippen LogP contribution in [0.2, 0.25) is 0 Å². The quantitative estimate of drug-likeness (QED) is 0.484. The fourth-order valence-corrected chi connectivity index (χ4v) is 3.55. The van der Waals surface area contributed by atoms with Crippen LogP contribution in [-0.2, 0) is 9.59 Å². The molecule has 0 aliphatic carbocycles. The van der Waals surface area contributed by atoms with Crippen LogP contribution in [0, 0.1) is 17.8 Å². The highest BCUT2D eigenvalue weighted by atomic mass is 16.4. The van der Waals surface area contributed by atoms with Gasteiger partial charge in [0.2, 0.25) is 0 Å². The molecule has 0 radical (unpaired) electrons. The second-order valence-electron chi connectivity index (χ2n) is 7.36. The minimum atomic E-state index is -2.37. The van der Waals surface area contributed by atoms with Gasteiger partial charge in [0.15, 0.2) is 0 Å². The molecule has 0 aliphatic heterocycles. The molecule has 0 saturated carbocycles. The molecule has 0 heterocycles. The van der Waals surface area contributed by atoms with Crippen LogP contribution in [0.1, 0.15) is 91.9 Å². The summed E-state index contributed by atoms with van der Waals surface area (Å²) in [4.78, 5) is 23.4. The Kier molecular flexibility index (Phi) is 11.7. The van der Waals surface area contributed by atoms with Gasteiger partial charge in [-0.2, -0.15) is 0 Å². The molecule has 148 valence electrons. The van der Waals surface area contributed by atoms with Gasteiger partial charge in [-0.25, -0.2) is 0 Å². The summed E-state index contributed by atoms with van der Waals surface area (Å²) in [5, 5.41) is 34.2.